The Hall–Kier alpha value is -2.25. The zero-order valence-corrected chi connectivity index (χ0v) is 19.0. The third-order valence-electron chi connectivity index (χ3n) is 5.48. The maximum atomic E-state index is 12.5. The summed E-state index contributed by atoms with van der Waals surface area (Å²) in [6, 6.07) is 15.8. The first-order valence-corrected chi connectivity index (χ1v) is 12.0. The molecule has 2 amide bonds. The van der Waals surface area contributed by atoms with Crippen LogP contribution in [0.15, 0.2) is 59.2 Å². The van der Waals surface area contributed by atoms with Crippen LogP contribution in [0.25, 0.3) is 10.9 Å². The van der Waals surface area contributed by atoms with E-state index in [4.69, 9.17) is 0 Å². The van der Waals surface area contributed by atoms with Crippen LogP contribution in [0, 0.1) is 0 Å². The fourth-order valence-electron chi connectivity index (χ4n) is 3.96. The highest BCUT2D eigenvalue weighted by atomic mass is 79.9. The molecule has 2 aromatic carbocycles. The summed E-state index contributed by atoms with van der Waals surface area (Å²) in [6.07, 6.45) is 4.07. The SMILES string of the molecule is O=C(CSCC(=O)N1CCC(c2c[nH]c3ccccc23)CC1)Nc1cccc(Br)c1. The van der Waals surface area contributed by atoms with Crippen LogP contribution in [0.3, 0.4) is 0 Å². The largest absolute Gasteiger partial charge is 0.361 e. The predicted octanol–water partition coefficient (Wildman–Crippen LogP) is 5.01. The van der Waals surface area contributed by atoms with Crippen molar-refractivity contribution < 1.29 is 9.59 Å². The third kappa shape index (κ3) is 5.08. The molecule has 0 aliphatic carbocycles. The molecule has 1 aliphatic heterocycles. The molecule has 4 rings (SSSR count). The van der Waals surface area contributed by atoms with Crippen LogP contribution in [0.5, 0.6) is 0 Å². The van der Waals surface area contributed by atoms with Gasteiger partial charge in [0, 0.05) is 40.3 Å². The van der Waals surface area contributed by atoms with E-state index >= 15 is 0 Å². The summed E-state index contributed by atoms with van der Waals surface area (Å²) in [7, 11) is 0. The Morgan fingerprint density at radius 3 is 2.70 bits per heavy atom. The van der Waals surface area contributed by atoms with Gasteiger partial charge in [0.25, 0.3) is 0 Å². The summed E-state index contributed by atoms with van der Waals surface area (Å²) in [4.78, 5) is 29.9. The Morgan fingerprint density at radius 2 is 1.90 bits per heavy atom. The van der Waals surface area contributed by atoms with Gasteiger partial charge in [0.1, 0.15) is 0 Å². The van der Waals surface area contributed by atoms with Crippen molar-refractivity contribution in [2.24, 2.45) is 0 Å². The Morgan fingerprint density at radius 1 is 1.10 bits per heavy atom. The molecule has 0 radical (unpaired) electrons. The van der Waals surface area contributed by atoms with Gasteiger partial charge in [-0.3, -0.25) is 9.59 Å². The number of carbonyl (C=O) groups is 2. The molecule has 1 saturated heterocycles. The number of fused-ring (bicyclic) bond motifs is 1. The van der Waals surface area contributed by atoms with Gasteiger partial charge in [-0.2, -0.15) is 0 Å². The van der Waals surface area contributed by atoms with Crippen molar-refractivity contribution >= 4 is 56.1 Å². The number of aromatic nitrogens is 1. The van der Waals surface area contributed by atoms with Gasteiger partial charge >= 0.3 is 0 Å². The van der Waals surface area contributed by atoms with E-state index in [1.807, 2.05) is 35.2 Å². The maximum Gasteiger partial charge on any atom is 0.234 e. The minimum absolute atomic E-state index is 0.0936. The first-order chi connectivity index (χ1) is 14.6. The molecule has 30 heavy (non-hydrogen) atoms. The van der Waals surface area contributed by atoms with E-state index in [9.17, 15) is 9.59 Å². The Balaban J connectivity index is 1.21. The number of amides is 2. The number of hydrogen-bond donors (Lipinski definition) is 2. The average Bonchev–Trinajstić information content (AvgIpc) is 3.18. The van der Waals surface area contributed by atoms with Crippen molar-refractivity contribution in [3.8, 4) is 0 Å². The van der Waals surface area contributed by atoms with Crippen LogP contribution >= 0.6 is 27.7 Å². The van der Waals surface area contributed by atoms with Crippen molar-refractivity contribution in [3.05, 3.63) is 64.8 Å². The number of benzene rings is 2. The zero-order valence-electron chi connectivity index (χ0n) is 16.6. The van der Waals surface area contributed by atoms with Gasteiger partial charge in [-0.25, -0.2) is 0 Å². The fourth-order valence-corrected chi connectivity index (χ4v) is 5.07. The second-order valence-electron chi connectivity index (χ2n) is 7.50. The molecule has 5 nitrogen and oxygen atoms in total. The normalized spacial score (nSPS) is 14.8. The van der Waals surface area contributed by atoms with Crippen molar-refractivity contribution in [3.63, 3.8) is 0 Å². The molecule has 0 saturated carbocycles. The molecule has 1 aromatic heterocycles. The van der Waals surface area contributed by atoms with Gasteiger partial charge in [0.2, 0.25) is 11.8 Å². The molecule has 7 heteroatoms. The van der Waals surface area contributed by atoms with Crippen LogP contribution in [0.1, 0.15) is 24.3 Å². The van der Waals surface area contributed by atoms with E-state index in [1.54, 1.807) is 0 Å². The van der Waals surface area contributed by atoms with E-state index in [1.165, 1.54) is 28.2 Å². The average molecular weight is 486 g/mol. The van der Waals surface area contributed by atoms with Crippen molar-refractivity contribution in [1.29, 1.82) is 0 Å². The summed E-state index contributed by atoms with van der Waals surface area (Å²) in [5.74, 6) is 1.11. The Kier molecular flexibility index (Phi) is 6.79. The number of rotatable bonds is 6. The first-order valence-electron chi connectivity index (χ1n) is 10.1. The van der Waals surface area contributed by atoms with Gasteiger partial charge in [-0.15, -0.1) is 11.8 Å². The molecule has 0 spiro atoms. The van der Waals surface area contributed by atoms with E-state index in [0.29, 0.717) is 11.7 Å². The molecule has 2 N–H and O–H groups in total. The van der Waals surface area contributed by atoms with Gasteiger partial charge in [0.15, 0.2) is 0 Å². The number of anilines is 1. The molecule has 0 unspecified atom stereocenters. The van der Waals surface area contributed by atoms with Gasteiger partial charge in [-0.05, 0) is 48.6 Å². The van der Waals surface area contributed by atoms with Gasteiger partial charge in [-0.1, -0.05) is 40.2 Å². The second-order valence-corrected chi connectivity index (χ2v) is 9.40. The maximum absolute atomic E-state index is 12.5. The smallest absolute Gasteiger partial charge is 0.234 e. The number of carbonyl (C=O) groups excluding carboxylic acids is 2. The van der Waals surface area contributed by atoms with Crippen LogP contribution in [-0.2, 0) is 9.59 Å². The molecule has 3 aromatic rings. The van der Waals surface area contributed by atoms with Crippen molar-refractivity contribution in [1.82, 2.24) is 9.88 Å². The first kappa shape index (κ1) is 21.0. The fraction of sp³-hybridized carbons (Fsp3) is 0.304. The predicted molar refractivity (Wildman–Crippen MR) is 127 cm³/mol. The lowest BCUT2D eigenvalue weighted by Gasteiger charge is -2.32. The summed E-state index contributed by atoms with van der Waals surface area (Å²) in [5.41, 5.74) is 3.28. The van der Waals surface area contributed by atoms with Gasteiger partial charge in [0.05, 0.1) is 11.5 Å². The lowest BCUT2D eigenvalue weighted by atomic mass is 9.89. The number of nitrogens with zero attached hydrogens (tertiary/aromatic N) is 1. The number of nitrogens with one attached hydrogen (secondary N) is 2. The second kappa shape index (κ2) is 9.71. The molecule has 0 bridgehead atoms. The number of halogens is 1. The van der Waals surface area contributed by atoms with E-state index in [2.05, 4.69) is 50.6 Å². The molecule has 1 fully saturated rings. The highest BCUT2D eigenvalue weighted by Crippen LogP contribution is 2.33. The molecule has 1 aliphatic rings. The summed E-state index contributed by atoms with van der Waals surface area (Å²) in [6.45, 7) is 1.54. The van der Waals surface area contributed by atoms with Crippen LogP contribution in [0.2, 0.25) is 0 Å². The lowest BCUT2D eigenvalue weighted by molar-refractivity contribution is -0.129. The van der Waals surface area contributed by atoms with E-state index in [0.717, 1.165) is 36.1 Å². The molecule has 2 heterocycles. The highest BCUT2D eigenvalue weighted by Gasteiger charge is 2.25. The Bertz CT molecular complexity index is 1040. The summed E-state index contributed by atoms with van der Waals surface area (Å²) in [5, 5.41) is 4.14. The number of H-pyrrole nitrogens is 1. The highest BCUT2D eigenvalue weighted by molar-refractivity contribution is 9.10. The summed E-state index contributed by atoms with van der Waals surface area (Å²) < 4.78 is 0.916. The van der Waals surface area contributed by atoms with Crippen LogP contribution < -0.4 is 5.32 Å². The number of para-hydroxylation sites is 1. The lowest BCUT2D eigenvalue weighted by Crippen LogP contribution is -2.39. The molecule has 0 atom stereocenters. The zero-order chi connectivity index (χ0) is 20.9. The molecular weight excluding hydrogens is 462 g/mol. The molecular formula is C23H24BrN3O2S. The van der Waals surface area contributed by atoms with Gasteiger partial charge < -0.3 is 15.2 Å². The topological polar surface area (TPSA) is 65.2 Å². The molecule has 156 valence electrons. The standard InChI is InChI=1S/C23H24BrN3O2S/c24-17-4-3-5-18(12-17)26-22(28)14-30-15-23(29)27-10-8-16(9-11-27)20-13-25-21-7-2-1-6-19(20)21/h1-7,12-13,16,25H,8-11,14-15H2,(H,26,28). The Labute approximate surface area is 188 Å². The minimum atomic E-state index is -0.0936. The number of thioether (sulfide) groups is 1. The third-order valence-corrected chi connectivity index (χ3v) is 6.89. The van der Waals surface area contributed by atoms with Crippen LogP contribution in [-0.4, -0.2) is 46.3 Å². The minimum Gasteiger partial charge on any atom is -0.361 e. The summed E-state index contributed by atoms with van der Waals surface area (Å²) >= 11 is 4.75. The van der Waals surface area contributed by atoms with E-state index in [-0.39, 0.29) is 17.6 Å². The number of aromatic amines is 1. The van der Waals surface area contributed by atoms with Crippen molar-refractivity contribution in [2.45, 2.75) is 18.8 Å². The van der Waals surface area contributed by atoms with E-state index < -0.39 is 0 Å². The number of likely N-dealkylation sites (tertiary alicyclic amines) is 1. The quantitative estimate of drug-likeness (QED) is 0.515. The number of hydrogen-bond acceptors (Lipinski definition) is 3. The monoisotopic (exact) mass is 485 g/mol. The number of piperidine rings is 1. The van der Waals surface area contributed by atoms with Crippen LogP contribution in [0.4, 0.5) is 5.69 Å². The van der Waals surface area contributed by atoms with Crippen molar-refractivity contribution in [2.75, 3.05) is 29.9 Å².